The van der Waals surface area contributed by atoms with E-state index in [1.54, 1.807) is 0 Å². The molecule has 2 heteroatoms. The van der Waals surface area contributed by atoms with E-state index >= 15 is 0 Å². The van der Waals surface area contributed by atoms with Gasteiger partial charge in [0.2, 0.25) is 0 Å². The van der Waals surface area contributed by atoms with Gasteiger partial charge < -0.3 is 0 Å². The monoisotopic (exact) mass is 227 g/mol. The van der Waals surface area contributed by atoms with Crippen LogP contribution in [-0.4, -0.2) is 28.3 Å². The first-order chi connectivity index (χ1) is 6.83. The molecular formula is C13H25NS. The minimum Gasteiger partial charge on any atom is -0.293 e. The van der Waals surface area contributed by atoms with E-state index in [0.29, 0.717) is 11.1 Å². The Balaban J connectivity index is 2.86. The van der Waals surface area contributed by atoms with Gasteiger partial charge in [0.1, 0.15) is 0 Å². The standard InChI is InChI=1S/C13H25NS/c1-7-14-12(2,3)8-11(10-15-6)9-13(14,4)5/h6,11H,7-10H2,1-5H3. The third kappa shape index (κ3) is 2.75. The molecule has 1 saturated heterocycles. The Morgan fingerprint density at radius 1 is 1.20 bits per heavy atom. The third-order valence-corrected chi connectivity index (χ3v) is 4.35. The topological polar surface area (TPSA) is 3.24 Å². The van der Waals surface area contributed by atoms with E-state index in [-0.39, 0.29) is 0 Å². The molecule has 0 aromatic heterocycles. The molecule has 0 N–H and O–H groups in total. The Bertz CT molecular complexity index is 244. The van der Waals surface area contributed by atoms with Gasteiger partial charge in [-0.15, -0.1) is 16.9 Å². The molecule has 0 amide bonds. The first-order valence-electron chi connectivity index (χ1n) is 5.93. The van der Waals surface area contributed by atoms with E-state index in [1.807, 2.05) is 0 Å². The summed E-state index contributed by atoms with van der Waals surface area (Å²) in [4.78, 5) is 2.64. The summed E-state index contributed by atoms with van der Waals surface area (Å²) in [6, 6.07) is 0. The number of nitrogens with zero attached hydrogens (tertiary/aromatic N) is 1. The second-order valence-corrected chi connectivity index (χ2v) is 6.64. The number of hydrogen-bond acceptors (Lipinski definition) is 1. The molecule has 15 heavy (non-hydrogen) atoms. The SMILES string of the molecule is C#SCC1CC(C)(C)N(CC)C(C)(C)C1. The molecule has 0 atom stereocenters. The Morgan fingerprint density at radius 2 is 1.67 bits per heavy atom. The van der Waals surface area contributed by atoms with Crippen LogP contribution in [0.25, 0.3) is 0 Å². The summed E-state index contributed by atoms with van der Waals surface area (Å²) in [7, 11) is 0. The molecule has 0 aliphatic carbocycles. The average molecular weight is 227 g/mol. The zero-order valence-corrected chi connectivity index (χ0v) is 11.7. The van der Waals surface area contributed by atoms with Gasteiger partial charge >= 0.3 is 0 Å². The van der Waals surface area contributed by atoms with Crippen molar-refractivity contribution in [1.29, 1.82) is 0 Å². The molecule has 0 unspecified atom stereocenters. The normalized spacial score (nSPS) is 26.4. The van der Waals surface area contributed by atoms with E-state index in [9.17, 15) is 0 Å². The lowest BCUT2D eigenvalue weighted by Gasteiger charge is -2.55. The van der Waals surface area contributed by atoms with Crippen LogP contribution in [0.5, 0.6) is 0 Å². The van der Waals surface area contributed by atoms with Gasteiger partial charge in [-0.2, -0.15) is 0 Å². The molecule has 0 aromatic carbocycles. The van der Waals surface area contributed by atoms with Crippen LogP contribution in [0.2, 0.25) is 0 Å². The lowest BCUT2D eigenvalue weighted by molar-refractivity contribution is -0.0423. The van der Waals surface area contributed by atoms with Crippen LogP contribution in [0.15, 0.2) is 0 Å². The van der Waals surface area contributed by atoms with Crippen LogP contribution < -0.4 is 0 Å². The molecule has 88 valence electrons. The smallest absolute Gasteiger partial charge is 0.0205 e. The van der Waals surface area contributed by atoms with Crippen LogP contribution in [0.3, 0.4) is 0 Å². The van der Waals surface area contributed by atoms with E-state index in [0.717, 1.165) is 18.2 Å². The van der Waals surface area contributed by atoms with Gasteiger partial charge in [-0.25, -0.2) is 0 Å². The van der Waals surface area contributed by atoms with Crippen LogP contribution >= 0.6 is 11.2 Å². The highest BCUT2D eigenvalue weighted by Crippen LogP contribution is 2.41. The molecule has 1 fully saturated rings. The van der Waals surface area contributed by atoms with Crippen LogP contribution in [0.1, 0.15) is 47.5 Å². The first-order valence-corrected chi connectivity index (χ1v) is 6.98. The Hall–Kier alpha value is -0.0400. The van der Waals surface area contributed by atoms with Crippen molar-refractivity contribution in [1.82, 2.24) is 4.90 Å². The molecule has 1 aliphatic rings. The fourth-order valence-corrected chi connectivity index (χ4v) is 4.14. The Labute approximate surface area is 98.8 Å². The van der Waals surface area contributed by atoms with Crippen molar-refractivity contribution in [3.05, 3.63) is 0 Å². The van der Waals surface area contributed by atoms with Crippen molar-refractivity contribution in [2.75, 3.05) is 12.3 Å². The van der Waals surface area contributed by atoms with Crippen molar-refractivity contribution in [3.63, 3.8) is 0 Å². The summed E-state index contributed by atoms with van der Waals surface area (Å²) in [6.07, 6.45) is 2.54. The second-order valence-electron chi connectivity index (χ2n) is 5.98. The fraction of sp³-hybridized carbons (Fsp3) is 0.923. The van der Waals surface area contributed by atoms with Crippen molar-refractivity contribution >= 4 is 11.2 Å². The summed E-state index contributed by atoms with van der Waals surface area (Å²) in [6.45, 7) is 12.9. The highest BCUT2D eigenvalue weighted by Gasteiger charge is 2.43. The summed E-state index contributed by atoms with van der Waals surface area (Å²) in [5.74, 6) is 1.87. The maximum Gasteiger partial charge on any atom is 0.0205 e. The minimum atomic E-state index is 0.316. The lowest BCUT2D eigenvalue weighted by atomic mass is 9.74. The average Bonchev–Trinajstić information content (AvgIpc) is 2.00. The Kier molecular flexibility index (Phi) is 3.86. The maximum absolute atomic E-state index is 5.61. The van der Waals surface area contributed by atoms with E-state index in [4.69, 9.17) is 5.69 Å². The summed E-state index contributed by atoms with van der Waals surface area (Å²) in [5.41, 5.74) is 6.24. The quantitative estimate of drug-likeness (QED) is 0.697. The molecule has 0 saturated carbocycles. The zero-order valence-electron chi connectivity index (χ0n) is 10.8. The number of likely N-dealkylation sites (tertiary alicyclic amines) is 1. The van der Waals surface area contributed by atoms with Gasteiger partial charge in [0.15, 0.2) is 0 Å². The molecule has 1 aliphatic heterocycles. The zero-order chi connectivity index (χ0) is 11.7. The number of hydrogen-bond donors (Lipinski definition) is 0. The minimum absolute atomic E-state index is 0.316. The molecule has 0 aromatic rings. The van der Waals surface area contributed by atoms with Crippen molar-refractivity contribution in [3.8, 4) is 5.69 Å². The largest absolute Gasteiger partial charge is 0.293 e. The van der Waals surface area contributed by atoms with Crippen molar-refractivity contribution in [2.45, 2.75) is 58.5 Å². The van der Waals surface area contributed by atoms with Gasteiger partial charge in [0, 0.05) is 16.8 Å². The molecule has 0 spiro atoms. The van der Waals surface area contributed by atoms with Gasteiger partial charge in [0.05, 0.1) is 0 Å². The predicted molar refractivity (Wildman–Crippen MR) is 70.7 cm³/mol. The Morgan fingerprint density at radius 3 is 2.00 bits per heavy atom. The maximum atomic E-state index is 5.61. The van der Waals surface area contributed by atoms with Crippen LogP contribution in [0, 0.1) is 11.6 Å². The third-order valence-electron chi connectivity index (χ3n) is 3.69. The molecule has 1 nitrogen and oxygen atoms in total. The highest BCUT2D eigenvalue weighted by molar-refractivity contribution is 7.88. The number of rotatable bonds is 2. The van der Waals surface area contributed by atoms with E-state index in [1.165, 1.54) is 24.0 Å². The van der Waals surface area contributed by atoms with E-state index in [2.05, 4.69) is 39.5 Å². The van der Waals surface area contributed by atoms with Gasteiger partial charge in [-0.05, 0) is 53.0 Å². The van der Waals surface area contributed by atoms with Crippen LogP contribution in [0.4, 0.5) is 0 Å². The second kappa shape index (κ2) is 4.45. The molecular weight excluding hydrogens is 202 g/mol. The summed E-state index contributed by atoms with van der Waals surface area (Å²) >= 11 is 1.50. The van der Waals surface area contributed by atoms with Crippen LogP contribution in [-0.2, 0) is 0 Å². The molecule has 1 heterocycles. The predicted octanol–water partition coefficient (Wildman–Crippen LogP) is 3.60. The van der Waals surface area contributed by atoms with Gasteiger partial charge in [-0.1, -0.05) is 6.92 Å². The lowest BCUT2D eigenvalue weighted by Crippen LogP contribution is -2.60. The van der Waals surface area contributed by atoms with Gasteiger partial charge in [0.25, 0.3) is 0 Å². The first kappa shape index (κ1) is 13.0. The van der Waals surface area contributed by atoms with Crippen molar-refractivity contribution < 1.29 is 0 Å². The van der Waals surface area contributed by atoms with E-state index < -0.39 is 0 Å². The molecule has 0 bridgehead atoms. The fourth-order valence-electron chi connectivity index (χ4n) is 3.63. The van der Waals surface area contributed by atoms with Gasteiger partial charge in [-0.3, -0.25) is 4.90 Å². The number of piperidine rings is 1. The highest BCUT2D eigenvalue weighted by atomic mass is 32.1. The summed E-state index contributed by atoms with van der Waals surface area (Å²) < 4.78 is 0. The molecule has 0 radical (unpaired) electrons. The molecule has 1 rings (SSSR count). The van der Waals surface area contributed by atoms with Crippen molar-refractivity contribution in [2.24, 2.45) is 5.92 Å². The summed E-state index contributed by atoms with van der Waals surface area (Å²) in [5, 5.41) is 0.